The van der Waals surface area contributed by atoms with E-state index < -0.39 is 11.7 Å². The molecule has 1 aromatic carbocycles. The van der Waals surface area contributed by atoms with Crippen LogP contribution in [0.1, 0.15) is 0 Å². The van der Waals surface area contributed by atoms with E-state index in [1.807, 2.05) is 0 Å². The van der Waals surface area contributed by atoms with Gasteiger partial charge < -0.3 is 10.6 Å². The zero-order valence-corrected chi connectivity index (χ0v) is 12.8. The van der Waals surface area contributed by atoms with Gasteiger partial charge in [-0.1, -0.05) is 15.9 Å². The predicted octanol–water partition coefficient (Wildman–Crippen LogP) is 3.44. The van der Waals surface area contributed by atoms with Crippen molar-refractivity contribution in [1.29, 1.82) is 5.26 Å². The molecule has 0 unspecified atom stereocenters. The summed E-state index contributed by atoms with van der Waals surface area (Å²) in [6.45, 7) is 0. The number of anilines is 2. The molecule has 0 radical (unpaired) electrons. The topological polar surface area (TPSA) is 77.8 Å². The molecule has 0 fully saturated rings. The SMILES string of the molecule is N#C/C(=C/Nc1cc(Br)ccn1)C(=O)Nc1ccc(F)cc1. The minimum atomic E-state index is -0.600. The number of nitrogens with one attached hydrogen (secondary N) is 2. The first-order valence-electron chi connectivity index (χ1n) is 6.14. The normalized spacial score (nSPS) is 10.7. The van der Waals surface area contributed by atoms with Crippen LogP contribution in [0.15, 0.2) is 58.8 Å². The second kappa shape index (κ2) is 7.33. The fourth-order valence-corrected chi connectivity index (χ4v) is 1.85. The van der Waals surface area contributed by atoms with Gasteiger partial charge in [-0.2, -0.15) is 5.26 Å². The van der Waals surface area contributed by atoms with Gasteiger partial charge in [0, 0.05) is 22.6 Å². The maximum Gasteiger partial charge on any atom is 0.267 e. The van der Waals surface area contributed by atoms with Gasteiger partial charge in [-0.15, -0.1) is 0 Å². The summed E-state index contributed by atoms with van der Waals surface area (Å²) < 4.78 is 13.6. The van der Waals surface area contributed by atoms with Gasteiger partial charge in [0.1, 0.15) is 23.3 Å². The van der Waals surface area contributed by atoms with E-state index in [2.05, 4.69) is 31.5 Å². The zero-order chi connectivity index (χ0) is 15.9. The van der Waals surface area contributed by atoms with E-state index in [4.69, 9.17) is 5.26 Å². The van der Waals surface area contributed by atoms with Crippen LogP contribution in [0.4, 0.5) is 15.9 Å². The van der Waals surface area contributed by atoms with E-state index in [9.17, 15) is 9.18 Å². The molecule has 7 heteroatoms. The van der Waals surface area contributed by atoms with Crippen molar-refractivity contribution in [3.8, 4) is 6.07 Å². The Morgan fingerprint density at radius 3 is 2.68 bits per heavy atom. The van der Waals surface area contributed by atoms with Crippen molar-refractivity contribution < 1.29 is 9.18 Å². The predicted molar refractivity (Wildman–Crippen MR) is 84.3 cm³/mol. The quantitative estimate of drug-likeness (QED) is 0.646. The third-order valence-corrected chi connectivity index (χ3v) is 3.05. The molecule has 1 heterocycles. The van der Waals surface area contributed by atoms with Crippen LogP contribution < -0.4 is 10.6 Å². The lowest BCUT2D eigenvalue weighted by atomic mass is 10.2. The summed E-state index contributed by atoms with van der Waals surface area (Å²) in [5.41, 5.74) is 0.263. The standard InChI is InChI=1S/C15H10BrFN4O/c16-11-5-6-19-14(7-11)20-9-10(8-18)15(22)21-13-3-1-12(17)2-4-13/h1-7,9H,(H,19,20)(H,21,22)/b10-9-. The van der Waals surface area contributed by atoms with Gasteiger partial charge in [-0.3, -0.25) is 4.79 Å². The van der Waals surface area contributed by atoms with Crippen LogP contribution in [0.3, 0.4) is 0 Å². The summed E-state index contributed by atoms with van der Waals surface area (Å²) in [5.74, 6) is -0.523. The van der Waals surface area contributed by atoms with Crippen LogP contribution in [0.5, 0.6) is 0 Å². The summed E-state index contributed by atoms with van der Waals surface area (Å²) in [5, 5.41) is 14.3. The number of carbonyl (C=O) groups excluding carboxylic acids is 1. The maximum absolute atomic E-state index is 12.8. The Labute approximate surface area is 134 Å². The minimum absolute atomic E-state index is 0.133. The van der Waals surface area contributed by atoms with Gasteiger partial charge in [-0.05, 0) is 36.4 Å². The van der Waals surface area contributed by atoms with Crippen molar-refractivity contribution in [3.63, 3.8) is 0 Å². The Hall–Kier alpha value is -2.72. The highest BCUT2D eigenvalue weighted by atomic mass is 79.9. The third kappa shape index (κ3) is 4.40. The molecule has 0 spiro atoms. The average molecular weight is 361 g/mol. The van der Waals surface area contributed by atoms with Crippen molar-refractivity contribution in [1.82, 2.24) is 4.98 Å². The molecule has 0 atom stereocenters. The number of aromatic nitrogens is 1. The van der Waals surface area contributed by atoms with Crippen LogP contribution in [0.25, 0.3) is 0 Å². The van der Waals surface area contributed by atoms with Gasteiger partial charge in [0.2, 0.25) is 0 Å². The van der Waals surface area contributed by atoms with Crippen molar-refractivity contribution in [3.05, 3.63) is 64.7 Å². The summed E-state index contributed by atoms with van der Waals surface area (Å²) in [6, 6.07) is 10.5. The van der Waals surface area contributed by atoms with Crippen LogP contribution in [-0.4, -0.2) is 10.9 Å². The van der Waals surface area contributed by atoms with Gasteiger partial charge in [0.05, 0.1) is 0 Å². The fourth-order valence-electron chi connectivity index (χ4n) is 1.51. The van der Waals surface area contributed by atoms with Crippen LogP contribution in [-0.2, 0) is 4.79 Å². The number of rotatable bonds is 4. The summed E-state index contributed by atoms with van der Waals surface area (Å²) in [7, 11) is 0. The molecule has 5 nitrogen and oxygen atoms in total. The first kappa shape index (κ1) is 15.7. The second-order valence-electron chi connectivity index (χ2n) is 4.13. The molecule has 0 saturated heterocycles. The molecule has 22 heavy (non-hydrogen) atoms. The molecule has 0 saturated carbocycles. The van der Waals surface area contributed by atoms with Crippen LogP contribution in [0, 0.1) is 17.1 Å². The molecular weight excluding hydrogens is 351 g/mol. The molecule has 0 aliphatic carbocycles. The number of halogens is 2. The highest BCUT2D eigenvalue weighted by molar-refractivity contribution is 9.10. The molecule has 1 amide bonds. The number of nitriles is 1. The minimum Gasteiger partial charge on any atom is -0.345 e. The molecule has 2 aromatic rings. The van der Waals surface area contributed by atoms with Gasteiger partial charge in [-0.25, -0.2) is 9.37 Å². The Bertz CT molecular complexity index is 753. The Balaban J connectivity index is 2.07. The van der Waals surface area contributed by atoms with E-state index in [0.29, 0.717) is 11.5 Å². The van der Waals surface area contributed by atoms with Crippen molar-refractivity contribution in [2.75, 3.05) is 10.6 Å². The summed E-state index contributed by atoms with van der Waals surface area (Å²) >= 11 is 3.29. The summed E-state index contributed by atoms with van der Waals surface area (Å²) in [6.07, 6.45) is 2.83. The first-order valence-corrected chi connectivity index (χ1v) is 6.93. The van der Waals surface area contributed by atoms with Crippen molar-refractivity contribution in [2.24, 2.45) is 0 Å². The molecular formula is C15H10BrFN4O. The highest BCUT2D eigenvalue weighted by Crippen LogP contribution is 2.13. The smallest absolute Gasteiger partial charge is 0.267 e. The lowest BCUT2D eigenvalue weighted by Gasteiger charge is -2.05. The van der Waals surface area contributed by atoms with Gasteiger partial charge in [0.25, 0.3) is 5.91 Å². The molecule has 1 aromatic heterocycles. The molecule has 2 N–H and O–H groups in total. The molecule has 110 valence electrons. The van der Waals surface area contributed by atoms with E-state index >= 15 is 0 Å². The second-order valence-corrected chi connectivity index (χ2v) is 5.05. The molecule has 2 rings (SSSR count). The number of pyridine rings is 1. The van der Waals surface area contributed by atoms with Gasteiger partial charge >= 0.3 is 0 Å². The van der Waals surface area contributed by atoms with Crippen molar-refractivity contribution >= 4 is 33.3 Å². The Morgan fingerprint density at radius 1 is 1.32 bits per heavy atom. The largest absolute Gasteiger partial charge is 0.345 e. The van der Waals surface area contributed by atoms with E-state index in [0.717, 1.165) is 4.47 Å². The van der Waals surface area contributed by atoms with E-state index in [1.165, 1.54) is 30.5 Å². The van der Waals surface area contributed by atoms with Crippen molar-refractivity contribution in [2.45, 2.75) is 0 Å². The fraction of sp³-hybridized carbons (Fsp3) is 0. The lowest BCUT2D eigenvalue weighted by Crippen LogP contribution is -2.14. The van der Waals surface area contributed by atoms with E-state index in [1.54, 1.807) is 24.4 Å². The third-order valence-electron chi connectivity index (χ3n) is 2.55. The first-order chi connectivity index (χ1) is 10.6. The average Bonchev–Trinajstić information content (AvgIpc) is 2.50. The number of nitrogens with zero attached hydrogens (tertiary/aromatic N) is 2. The number of benzene rings is 1. The monoisotopic (exact) mass is 360 g/mol. The number of hydrogen-bond donors (Lipinski definition) is 2. The Kier molecular flexibility index (Phi) is 5.22. The van der Waals surface area contributed by atoms with Gasteiger partial charge in [0.15, 0.2) is 0 Å². The molecule has 0 bridgehead atoms. The van der Waals surface area contributed by atoms with Crippen LogP contribution >= 0.6 is 15.9 Å². The number of amides is 1. The lowest BCUT2D eigenvalue weighted by molar-refractivity contribution is -0.112. The number of carbonyl (C=O) groups is 1. The zero-order valence-electron chi connectivity index (χ0n) is 11.2. The molecule has 0 aliphatic heterocycles. The van der Waals surface area contributed by atoms with E-state index in [-0.39, 0.29) is 5.57 Å². The number of hydrogen-bond acceptors (Lipinski definition) is 4. The molecule has 0 aliphatic rings. The highest BCUT2D eigenvalue weighted by Gasteiger charge is 2.09. The van der Waals surface area contributed by atoms with Crippen LogP contribution in [0.2, 0.25) is 0 Å². The Morgan fingerprint density at radius 2 is 2.05 bits per heavy atom. The summed E-state index contributed by atoms with van der Waals surface area (Å²) in [4.78, 5) is 16.0. The maximum atomic E-state index is 12.8.